The summed E-state index contributed by atoms with van der Waals surface area (Å²) in [5.41, 5.74) is 9.72. The van der Waals surface area contributed by atoms with Gasteiger partial charge in [-0.25, -0.2) is 4.79 Å². The van der Waals surface area contributed by atoms with Gasteiger partial charge in [-0.2, -0.15) is 0 Å². The number of carbonyl (C=O) groups is 2. The van der Waals surface area contributed by atoms with Crippen LogP contribution in [0.5, 0.6) is 5.75 Å². The Bertz CT molecular complexity index is 1310. The SMILES string of the molecule is NCc1cccc(-c2cccc3oc(C(=O)O)c(COc4ccccc4CC(=O)O)c23)c1. The van der Waals surface area contributed by atoms with E-state index in [1.54, 1.807) is 36.4 Å². The van der Waals surface area contributed by atoms with E-state index >= 15 is 0 Å². The summed E-state index contributed by atoms with van der Waals surface area (Å²) in [6.07, 6.45) is -0.203. The average Bonchev–Trinajstić information content (AvgIpc) is 3.17. The van der Waals surface area contributed by atoms with Gasteiger partial charge < -0.3 is 25.1 Å². The van der Waals surface area contributed by atoms with E-state index in [1.165, 1.54) is 0 Å². The second-order valence-corrected chi connectivity index (χ2v) is 7.27. The predicted octanol–water partition coefficient (Wildman–Crippen LogP) is 4.46. The molecule has 0 amide bonds. The number of hydrogen-bond donors (Lipinski definition) is 3. The zero-order chi connectivity index (χ0) is 22.7. The third-order valence-corrected chi connectivity index (χ3v) is 5.17. The van der Waals surface area contributed by atoms with Crippen molar-refractivity contribution in [3.8, 4) is 16.9 Å². The zero-order valence-electron chi connectivity index (χ0n) is 17.1. The van der Waals surface area contributed by atoms with Crippen molar-refractivity contribution in [2.75, 3.05) is 0 Å². The van der Waals surface area contributed by atoms with Crippen molar-refractivity contribution in [2.45, 2.75) is 19.6 Å². The predicted molar refractivity (Wildman–Crippen MR) is 119 cm³/mol. The zero-order valence-corrected chi connectivity index (χ0v) is 17.1. The maximum absolute atomic E-state index is 11.9. The van der Waals surface area contributed by atoms with Crippen LogP contribution in [0.2, 0.25) is 0 Å². The van der Waals surface area contributed by atoms with Crippen LogP contribution in [0.1, 0.15) is 27.2 Å². The molecular weight excluding hydrogens is 410 g/mol. The fourth-order valence-electron chi connectivity index (χ4n) is 3.73. The van der Waals surface area contributed by atoms with E-state index in [0.29, 0.717) is 34.4 Å². The molecule has 7 heteroatoms. The van der Waals surface area contributed by atoms with Crippen molar-refractivity contribution in [2.24, 2.45) is 5.73 Å². The fourth-order valence-corrected chi connectivity index (χ4v) is 3.73. The van der Waals surface area contributed by atoms with Gasteiger partial charge in [0, 0.05) is 17.5 Å². The summed E-state index contributed by atoms with van der Waals surface area (Å²) in [5, 5.41) is 19.5. The number of aliphatic carboxylic acids is 1. The van der Waals surface area contributed by atoms with E-state index in [0.717, 1.165) is 16.7 Å². The highest BCUT2D eigenvalue weighted by Gasteiger charge is 2.23. The highest BCUT2D eigenvalue weighted by molar-refractivity contribution is 6.02. The Kier molecular flexibility index (Phi) is 5.91. The van der Waals surface area contributed by atoms with Crippen LogP contribution in [0.4, 0.5) is 0 Å². The average molecular weight is 431 g/mol. The topological polar surface area (TPSA) is 123 Å². The van der Waals surface area contributed by atoms with Gasteiger partial charge in [0.1, 0.15) is 17.9 Å². The molecule has 0 aliphatic rings. The van der Waals surface area contributed by atoms with E-state index in [9.17, 15) is 14.7 Å². The van der Waals surface area contributed by atoms with E-state index in [4.69, 9.17) is 20.0 Å². The normalized spacial score (nSPS) is 10.9. The van der Waals surface area contributed by atoms with Crippen molar-refractivity contribution in [1.29, 1.82) is 0 Å². The van der Waals surface area contributed by atoms with Crippen LogP contribution in [-0.2, 0) is 24.4 Å². The molecule has 0 fully saturated rings. The van der Waals surface area contributed by atoms with E-state index in [2.05, 4.69) is 0 Å². The molecule has 3 aromatic carbocycles. The van der Waals surface area contributed by atoms with Gasteiger partial charge in [0.05, 0.1) is 12.0 Å². The van der Waals surface area contributed by atoms with Gasteiger partial charge in [0.2, 0.25) is 5.76 Å². The Morgan fingerprint density at radius 1 is 0.969 bits per heavy atom. The molecule has 0 aliphatic carbocycles. The van der Waals surface area contributed by atoms with E-state index in [1.807, 2.05) is 30.3 Å². The van der Waals surface area contributed by atoms with Gasteiger partial charge in [-0.05, 0) is 34.9 Å². The molecule has 4 aromatic rings. The number of carboxylic acid groups (broad SMARTS) is 2. The third-order valence-electron chi connectivity index (χ3n) is 5.17. The molecule has 0 atom stereocenters. The van der Waals surface area contributed by atoms with Crippen LogP contribution < -0.4 is 10.5 Å². The molecule has 0 saturated carbocycles. The van der Waals surface area contributed by atoms with Gasteiger partial charge in [0.15, 0.2) is 0 Å². The molecule has 4 rings (SSSR count). The molecule has 162 valence electrons. The molecule has 0 spiro atoms. The summed E-state index contributed by atoms with van der Waals surface area (Å²) in [6.45, 7) is 0.283. The summed E-state index contributed by atoms with van der Waals surface area (Å²) >= 11 is 0. The quantitative estimate of drug-likeness (QED) is 0.376. The minimum atomic E-state index is -1.21. The second-order valence-electron chi connectivity index (χ2n) is 7.27. The van der Waals surface area contributed by atoms with Crippen molar-refractivity contribution in [1.82, 2.24) is 0 Å². The largest absolute Gasteiger partial charge is 0.488 e. The summed E-state index contributed by atoms with van der Waals surface area (Å²) in [6, 6.07) is 19.9. The van der Waals surface area contributed by atoms with Crippen LogP contribution in [0.15, 0.2) is 71.1 Å². The number of hydrogen-bond acceptors (Lipinski definition) is 5. The Morgan fingerprint density at radius 3 is 2.50 bits per heavy atom. The number of aromatic carboxylic acids is 1. The van der Waals surface area contributed by atoms with Gasteiger partial charge in [0.25, 0.3) is 0 Å². The minimum Gasteiger partial charge on any atom is -0.488 e. The number of benzene rings is 3. The van der Waals surface area contributed by atoms with Crippen LogP contribution in [0, 0.1) is 0 Å². The first-order valence-corrected chi connectivity index (χ1v) is 9.97. The highest BCUT2D eigenvalue weighted by Crippen LogP contribution is 2.36. The van der Waals surface area contributed by atoms with Crippen molar-refractivity contribution < 1.29 is 29.0 Å². The van der Waals surface area contributed by atoms with Crippen LogP contribution in [-0.4, -0.2) is 22.2 Å². The highest BCUT2D eigenvalue weighted by atomic mass is 16.5. The molecule has 7 nitrogen and oxygen atoms in total. The van der Waals surface area contributed by atoms with Gasteiger partial charge in [-0.3, -0.25) is 4.79 Å². The first-order valence-electron chi connectivity index (χ1n) is 9.97. The first kappa shape index (κ1) is 21.1. The number of carboxylic acids is 2. The minimum absolute atomic E-state index is 0.0984. The lowest BCUT2D eigenvalue weighted by atomic mass is 9.97. The maximum atomic E-state index is 11.9. The molecule has 1 heterocycles. The van der Waals surface area contributed by atoms with Crippen molar-refractivity contribution >= 4 is 22.9 Å². The fraction of sp³-hybridized carbons (Fsp3) is 0.120. The number of para-hydroxylation sites is 1. The van der Waals surface area contributed by atoms with E-state index in [-0.39, 0.29) is 18.8 Å². The van der Waals surface area contributed by atoms with Crippen LogP contribution in [0.25, 0.3) is 22.1 Å². The molecule has 4 N–H and O–H groups in total. The van der Waals surface area contributed by atoms with Crippen molar-refractivity contribution in [3.05, 3.63) is 89.2 Å². The Hall–Kier alpha value is -4.10. The number of furan rings is 1. The Labute approximate surface area is 183 Å². The summed E-state index contributed by atoms with van der Waals surface area (Å²) in [4.78, 5) is 23.1. The van der Waals surface area contributed by atoms with Gasteiger partial charge in [-0.15, -0.1) is 0 Å². The number of nitrogens with two attached hydrogens (primary N) is 1. The Balaban J connectivity index is 1.81. The number of fused-ring (bicyclic) bond motifs is 1. The number of ether oxygens (including phenoxy) is 1. The molecule has 1 aromatic heterocycles. The first-order chi connectivity index (χ1) is 15.5. The van der Waals surface area contributed by atoms with Gasteiger partial charge in [-0.1, -0.05) is 48.5 Å². The summed E-state index contributed by atoms with van der Waals surface area (Å²) in [5.74, 6) is -2.02. The monoisotopic (exact) mass is 431 g/mol. The lowest BCUT2D eigenvalue weighted by Crippen LogP contribution is -2.06. The lowest BCUT2D eigenvalue weighted by Gasteiger charge is -2.11. The van der Waals surface area contributed by atoms with Crippen LogP contribution in [0.3, 0.4) is 0 Å². The molecule has 32 heavy (non-hydrogen) atoms. The molecule has 0 aliphatic heterocycles. The van der Waals surface area contributed by atoms with Crippen LogP contribution >= 0.6 is 0 Å². The summed E-state index contributed by atoms with van der Waals surface area (Å²) < 4.78 is 11.6. The molecule has 0 saturated heterocycles. The summed E-state index contributed by atoms with van der Waals surface area (Å²) in [7, 11) is 0. The smallest absolute Gasteiger partial charge is 0.372 e. The van der Waals surface area contributed by atoms with Crippen molar-refractivity contribution in [3.63, 3.8) is 0 Å². The maximum Gasteiger partial charge on any atom is 0.372 e. The third kappa shape index (κ3) is 4.19. The number of rotatable bonds is 8. The lowest BCUT2D eigenvalue weighted by molar-refractivity contribution is -0.136. The molecule has 0 radical (unpaired) electrons. The Morgan fingerprint density at radius 2 is 1.75 bits per heavy atom. The molecule has 0 unspecified atom stereocenters. The molecule has 0 bridgehead atoms. The van der Waals surface area contributed by atoms with Gasteiger partial charge >= 0.3 is 11.9 Å². The molecular formula is C25H21NO6. The standard InChI is InChI=1S/C25H21NO6/c26-13-15-5-3-7-16(11-15)18-8-4-10-21-23(18)19(24(32-21)25(29)30)14-31-20-9-2-1-6-17(20)12-22(27)28/h1-11H,12-14,26H2,(H,27,28)(H,29,30). The second kappa shape index (κ2) is 8.95. The van der Waals surface area contributed by atoms with E-state index < -0.39 is 11.9 Å².